The molecule has 0 saturated carbocycles. The minimum atomic E-state index is -1.32. The van der Waals surface area contributed by atoms with Crippen LogP contribution >= 0.6 is 11.6 Å². The molecule has 0 aliphatic rings. The Morgan fingerprint density at radius 2 is 2.10 bits per heavy atom. The lowest BCUT2D eigenvalue weighted by molar-refractivity contribution is -0.144. The topological polar surface area (TPSA) is 79.5 Å². The zero-order valence-corrected chi connectivity index (χ0v) is 12.5. The Bertz CT molecular complexity index is 694. The Hall–Kier alpha value is -2.01. The molecule has 0 fully saturated rings. The summed E-state index contributed by atoms with van der Waals surface area (Å²) in [6.45, 7) is 3.34. The molecule has 2 N–H and O–H groups in total. The summed E-state index contributed by atoms with van der Waals surface area (Å²) < 4.78 is 5.42. The predicted octanol–water partition coefficient (Wildman–Crippen LogP) is 3.46. The first-order valence-electron chi connectivity index (χ1n) is 6.61. The van der Waals surface area contributed by atoms with Crippen molar-refractivity contribution >= 4 is 34.4 Å². The number of carboxylic acid groups (broad SMARTS) is 1. The molecule has 0 bridgehead atoms. The van der Waals surface area contributed by atoms with Gasteiger partial charge in [0.15, 0.2) is 5.76 Å². The van der Waals surface area contributed by atoms with Crippen LogP contribution in [-0.2, 0) is 4.79 Å². The summed E-state index contributed by atoms with van der Waals surface area (Å²) in [6, 6.07) is 6.55. The van der Waals surface area contributed by atoms with E-state index in [1.807, 2.05) is 6.92 Å². The van der Waals surface area contributed by atoms with Gasteiger partial charge < -0.3 is 14.8 Å². The number of carbonyl (C=O) groups is 2. The molecular formula is C15H16ClNO4. The van der Waals surface area contributed by atoms with Gasteiger partial charge in [-0.25, -0.2) is 4.79 Å². The lowest BCUT2D eigenvalue weighted by atomic mass is 9.96. The molecule has 21 heavy (non-hydrogen) atoms. The van der Waals surface area contributed by atoms with Crippen molar-refractivity contribution in [1.82, 2.24) is 5.32 Å². The van der Waals surface area contributed by atoms with Gasteiger partial charge in [-0.2, -0.15) is 0 Å². The van der Waals surface area contributed by atoms with E-state index in [4.69, 9.17) is 16.0 Å². The third kappa shape index (κ3) is 3.19. The standard InChI is InChI=1S/C15H16ClNO4/c1-3-6-15(2,14(19)20)17-13(18)12-8-9-7-10(16)4-5-11(9)21-12/h4-5,7-8H,3,6H2,1-2H3,(H,17,18)(H,19,20). The monoisotopic (exact) mass is 309 g/mol. The molecule has 0 spiro atoms. The summed E-state index contributed by atoms with van der Waals surface area (Å²) in [5.74, 6) is -1.56. The first kappa shape index (κ1) is 15.4. The van der Waals surface area contributed by atoms with Gasteiger partial charge in [-0.3, -0.25) is 4.79 Å². The SMILES string of the molecule is CCCC(C)(NC(=O)c1cc2cc(Cl)ccc2o1)C(=O)O. The number of carboxylic acids is 1. The van der Waals surface area contributed by atoms with Gasteiger partial charge in [0.05, 0.1) is 0 Å². The van der Waals surface area contributed by atoms with Crippen LogP contribution in [0.25, 0.3) is 11.0 Å². The summed E-state index contributed by atoms with van der Waals surface area (Å²) >= 11 is 5.88. The zero-order chi connectivity index (χ0) is 15.6. The van der Waals surface area contributed by atoms with Gasteiger partial charge in [0.25, 0.3) is 5.91 Å². The molecule has 6 heteroatoms. The number of carbonyl (C=O) groups excluding carboxylic acids is 1. The first-order valence-corrected chi connectivity index (χ1v) is 6.98. The summed E-state index contributed by atoms with van der Waals surface area (Å²) in [7, 11) is 0. The van der Waals surface area contributed by atoms with Crippen LogP contribution in [-0.4, -0.2) is 22.5 Å². The van der Waals surface area contributed by atoms with E-state index in [2.05, 4.69) is 5.32 Å². The van der Waals surface area contributed by atoms with E-state index >= 15 is 0 Å². The maximum absolute atomic E-state index is 12.2. The van der Waals surface area contributed by atoms with E-state index in [1.54, 1.807) is 24.3 Å². The Morgan fingerprint density at radius 3 is 2.71 bits per heavy atom. The Labute approximate surface area is 126 Å². The average molecular weight is 310 g/mol. The maximum Gasteiger partial charge on any atom is 0.329 e. The van der Waals surface area contributed by atoms with E-state index in [0.29, 0.717) is 28.8 Å². The summed E-state index contributed by atoms with van der Waals surface area (Å²) in [4.78, 5) is 23.5. The molecule has 5 nitrogen and oxygen atoms in total. The third-order valence-electron chi connectivity index (χ3n) is 3.31. The fraction of sp³-hybridized carbons (Fsp3) is 0.333. The normalized spacial score (nSPS) is 13.9. The molecule has 112 valence electrons. The molecule has 0 radical (unpaired) electrons. The summed E-state index contributed by atoms with van der Waals surface area (Å²) in [5.41, 5.74) is -0.792. The zero-order valence-electron chi connectivity index (χ0n) is 11.8. The van der Waals surface area contributed by atoms with Gasteiger partial charge >= 0.3 is 5.97 Å². The molecule has 1 atom stereocenters. The van der Waals surface area contributed by atoms with E-state index in [-0.39, 0.29) is 5.76 Å². The summed E-state index contributed by atoms with van der Waals surface area (Å²) in [5, 5.41) is 13.0. The second-order valence-corrected chi connectivity index (χ2v) is 5.57. The van der Waals surface area contributed by atoms with Crippen molar-refractivity contribution in [1.29, 1.82) is 0 Å². The molecule has 1 aromatic carbocycles. The quantitative estimate of drug-likeness (QED) is 0.886. The van der Waals surface area contributed by atoms with E-state index in [0.717, 1.165) is 0 Å². The number of benzene rings is 1. The van der Waals surface area contributed by atoms with Crippen LogP contribution in [0.1, 0.15) is 37.2 Å². The van der Waals surface area contributed by atoms with Gasteiger partial charge in [0.1, 0.15) is 11.1 Å². The van der Waals surface area contributed by atoms with Crippen LogP contribution in [0.5, 0.6) is 0 Å². The smallest absolute Gasteiger partial charge is 0.329 e. The van der Waals surface area contributed by atoms with Crippen LogP contribution in [0, 0.1) is 0 Å². The van der Waals surface area contributed by atoms with Crippen LogP contribution in [0.15, 0.2) is 28.7 Å². The number of furan rings is 1. The van der Waals surface area contributed by atoms with E-state index in [1.165, 1.54) is 6.92 Å². The highest BCUT2D eigenvalue weighted by Gasteiger charge is 2.34. The predicted molar refractivity (Wildman–Crippen MR) is 79.6 cm³/mol. The number of nitrogens with one attached hydrogen (secondary N) is 1. The van der Waals surface area contributed by atoms with Crippen LogP contribution in [0.4, 0.5) is 0 Å². The fourth-order valence-electron chi connectivity index (χ4n) is 2.16. The van der Waals surface area contributed by atoms with Crippen molar-refractivity contribution in [2.45, 2.75) is 32.2 Å². The Balaban J connectivity index is 2.27. The minimum Gasteiger partial charge on any atom is -0.480 e. The van der Waals surface area contributed by atoms with Crippen molar-refractivity contribution in [3.8, 4) is 0 Å². The first-order chi connectivity index (χ1) is 9.85. The van der Waals surface area contributed by atoms with Crippen molar-refractivity contribution < 1.29 is 19.1 Å². The number of hydrogen-bond acceptors (Lipinski definition) is 3. The highest BCUT2D eigenvalue weighted by molar-refractivity contribution is 6.31. The highest BCUT2D eigenvalue weighted by atomic mass is 35.5. The lowest BCUT2D eigenvalue weighted by Crippen LogP contribution is -2.52. The number of rotatable bonds is 5. The van der Waals surface area contributed by atoms with Crippen molar-refractivity contribution in [2.24, 2.45) is 0 Å². The largest absolute Gasteiger partial charge is 0.480 e. The van der Waals surface area contributed by atoms with Gasteiger partial charge in [-0.15, -0.1) is 0 Å². The number of fused-ring (bicyclic) bond motifs is 1. The van der Waals surface area contributed by atoms with Gasteiger partial charge in [-0.1, -0.05) is 24.9 Å². The highest BCUT2D eigenvalue weighted by Crippen LogP contribution is 2.23. The average Bonchev–Trinajstić information content (AvgIpc) is 2.81. The molecule has 1 unspecified atom stereocenters. The number of aliphatic carboxylic acids is 1. The number of amides is 1. The van der Waals surface area contributed by atoms with Gasteiger partial charge in [-0.05, 0) is 37.6 Å². The number of hydrogen-bond donors (Lipinski definition) is 2. The molecule has 1 aromatic heterocycles. The van der Waals surface area contributed by atoms with Crippen LogP contribution < -0.4 is 5.32 Å². The Morgan fingerprint density at radius 1 is 1.38 bits per heavy atom. The van der Waals surface area contributed by atoms with Crippen molar-refractivity contribution in [2.75, 3.05) is 0 Å². The van der Waals surface area contributed by atoms with Gasteiger partial charge in [0, 0.05) is 10.4 Å². The van der Waals surface area contributed by atoms with Crippen molar-refractivity contribution in [3.63, 3.8) is 0 Å². The second-order valence-electron chi connectivity index (χ2n) is 5.13. The van der Waals surface area contributed by atoms with Crippen molar-refractivity contribution in [3.05, 3.63) is 35.0 Å². The third-order valence-corrected chi connectivity index (χ3v) is 3.55. The maximum atomic E-state index is 12.2. The molecular weight excluding hydrogens is 294 g/mol. The lowest BCUT2D eigenvalue weighted by Gasteiger charge is -2.25. The number of halogens is 1. The molecule has 0 aliphatic heterocycles. The van der Waals surface area contributed by atoms with Crippen LogP contribution in [0.2, 0.25) is 5.02 Å². The summed E-state index contributed by atoms with van der Waals surface area (Å²) in [6.07, 6.45) is 0.971. The second kappa shape index (κ2) is 5.77. The molecule has 2 rings (SSSR count). The fourth-order valence-corrected chi connectivity index (χ4v) is 2.34. The minimum absolute atomic E-state index is 0.0656. The molecule has 2 aromatic rings. The molecule has 1 amide bonds. The van der Waals surface area contributed by atoms with E-state index < -0.39 is 17.4 Å². The molecule has 0 saturated heterocycles. The molecule has 1 heterocycles. The van der Waals surface area contributed by atoms with E-state index in [9.17, 15) is 14.7 Å². The van der Waals surface area contributed by atoms with Gasteiger partial charge in [0.2, 0.25) is 0 Å². The molecule has 0 aliphatic carbocycles. The Kier molecular flexibility index (Phi) is 4.23. The van der Waals surface area contributed by atoms with Crippen LogP contribution in [0.3, 0.4) is 0 Å².